The molecule has 2 heterocycles. The molecule has 9 rings (SSSR count). The Kier molecular flexibility index (Phi) is 8.70. The molecule has 0 fully saturated rings. The Morgan fingerprint density at radius 3 is 1.69 bits per heavy atom. The van der Waals surface area contributed by atoms with Crippen molar-refractivity contribution in [3.63, 3.8) is 0 Å². The van der Waals surface area contributed by atoms with Gasteiger partial charge in [0.1, 0.15) is 17.0 Å². The zero-order valence-corrected chi connectivity index (χ0v) is 36.9. The van der Waals surface area contributed by atoms with Gasteiger partial charge in [0, 0.05) is 43.9 Å². The largest absolute Gasteiger partial charge is 0.455 e. The Hall–Kier alpha value is -5.61. The van der Waals surface area contributed by atoms with Gasteiger partial charge >= 0.3 is 0 Å². The number of hydrogen-bond acceptors (Lipinski definition) is 4. The van der Waals surface area contributed by atoms with Crippen LogP contribution in [0.25, 0.3) is 55.8 Å². The van der Waals surface area contributed by atoms with Gasteiger partial charge < -0.3 is 4.42 Å². The highest BCUT2D eigenvalue weighted by Crippen LogP contribution is 2.60. The van der Waals surface area contributed by atoms with Crippen LogP contribution in [-0.4, -0.2) is 15.0 Å². The van der Waals surface area contributed by atoms with Crippen molar-refractivity contribution < 1.29 is 4.42 Å². The predicted octanol–water partition coefficient (Wildman–Crippen LogP) is 14.5. The minimum Gasteiger partial charge on any atom is -0.455 e. The Morgan fingerprint density at radius 2 is 1.08 bits per heavy atom. The standard InChI is InChI=1S/C55H57N3O/c1-51(2,3)36-29-38(46-39(30-36)40-31-37(52(4,5)6)32-44(47(40)59-46)53(7,8)9)33-25-27-35(28-26-33)49-56-48(34-19-14-13-15-20-34)57-50(58-49)43-23-18-24-45-54(10,11)41-21-16-17-22-42(41)55(43,45)12/h13-32,43H,1-12H3. The summed E-state index contributed by atoms with van der Waals surface area (Å²) in [6.07, 6.45) is 6.81. The lowest BCUT2D eigenvalue weighted by atomic mass is 9.64. The summed E-state index contributed by atoms with van der Waals surface area (Å²) in [5.74, 6) is 2.05. The van der Waals surface area contributed by atoms with E-state index in [2.05, 4.69) is 186 Å². The number of rotatable bonds is 4. The molecule has 0 N–H and O–H groups in total. The summed E-state index contributed by atoms with van der Waals surface area (Å²) in [6, 6.07) is 37.4. The molecule has 59 heavy (non-hydrogen) atoms. The second-order valence-corrected chi connectivity index (χ2v) is 20.8. The van der Waals surface area contributed by atoms with Gasteiger partial charge in [0.15, 0.2) is 11.6 Å². The summed E-state index contributed by atoms with van der Waals surface area (Å²) >= 11 is 0. The van der Waals surface area contributed by atoms with Crippen LogP contribution in [0.4, 0.5) is 0 Å². The number of hydrogen-bond donors (Lipinski definition) is 0. The topological polar surface area (TPSA) is 51.8 Å². The third-order valence-electron chi connectivity index (χ3n) is 13.2. The van der Waals surface area contributed by atoms with Crippen molar-refractivity contribution in [2.75, 3.05) is 0 Å². The normalized spacial score (nSPS) is 18.9. The van der Waals surface area contributed by atoms with Crippen molar-refractivity contribution in [1.29, 1.82) is 0 Å². The van der Waals surface area contributed by atoms with Crippen molar-refractivity contribution in [2.24, 2.45) is 0 Å². The summed E-state index contributed by atoms with van der Waals surface area (Å²) in [4.78, 5) is 15.8. The fourth-order valence-corrected chi connectivity index (χ4v) is 9.73. The summed E-state index contributed by atoms with van der Waals surface area (Å²) in [5.41, 5.74) is 13.4. The number of allylic oxidation sites excluding steroid dienone is 4. The summed E-state index contributed by atoms with van der Waals surface area (Å²) < 4.78 is 7.03. The molecule has 4 heteroatoms. The lowest BCUT2D eigenvalue weighted by molar-refractivity contribution is 0.450. The fourth-order valence-electron chi connectivity index (χ4n) is 9.73. The first-order valence-electron chi connectivity index (χ1n) is 21.2. The maximum absolute atomic E-state index is 7.03. The molecule has 0 saturated carbocycles. The van der Waals surface area contributed by atoms with E-state index in [1.165, 1.54) is 38.8 Å². The van der Waals surface area contributed by atoms with Crippen molar-refractivity contribution in [3.8, 4) is 33.9 Å². The van der Waals surface area contributed by atoms with E-state index in [0.29, 0.717) is 11.6 Å². The predicted molar refractivity (Wildman–Crippen MR) is 246 cm³/mol. The number of furan rings is 1. The highest BCUT2D eigenvalue weighted by atomic mass is 16.3. The van der Waals surface area contributed by atoms with E-state index >= 15 is 0 Å². The average Bonchev–Trinajstić information content (AvgIpc) is 3.66. The van der Waals surface area contributed by atoms with Crippen molar-refractivity contribution in [2.45, 2.75) is 116 Å². The quantitative estimate of drug-likeness (QED) is 0.179. The molecule has 298 valence electrons. The van der Waals surface area contributed by atoms with Crippen LogP contribution in [0.3, 0.4) is 0 Å². The van der Waals surface area contributed by atoms with Gasteiger partial charge in [-0.15, -0.1) is 0 Å². The van der Waals surface area contributed by atoms with Crippen molar-refractivity contribution >= 4 is 21.9 Å². The van der Waals surface area contributed by atoms with E-state index < -0.39 is 0 Å². The van der Waals surface area contributed by atoms with Crippen LogP contribution in [0.5, 0.6) is 0 Å². The van der Waals surface area contributed by atoms with E-state index in [0.717, 1.165) is 44.6 Å². The van der Waals surface area contributed by atoms with Crippen molar-refractivity contribution in [3.05, 3.63) is 161 Å². The Balaban J connectivity index is 1.20. The van der Waals surface area contributed by atoms with Crippen LogP contribution in [0.15, 0.2) is 131 Å². The second kappa shape index (κ2) is 13.2. The van der Waals surface area contributed by atoms with Gasteiger partial charge in [0.05, 0.1) is 5.92 Å². The summed E-state index contributed by atoms with van der Waals surface area (Å²) in [5, 5.41) is 2.35. The first kappa shape index (κ1) is 38.9. The zero-order chi connectivity index (χ0) is 41.9. The minimum atomic E-state index is -0.304. The van der Waals surface area contributed by atoms with Crippen molar-refractivity contribution in [1.82, 2.24) is 15.0 Å². The molecule has 7 aromatic rings. The molecule has 0 spiro atoms. The highest BCUT2D eigenvalue weighted by Gasteiger charge is 2.54. The van der Waals surface area contributed by atoms with Crippen LogP contribution >= 0.6 is 0 Å². The van der Waals surface area contributed by atoms with Gasteiger partial charge in [-0.3, -0.25) is 0 Å². The lowest BCUT2D eigenvalue weighted by Gasteiger charge is -2.39. The maximum atomic E-state index is 7.03. The maximum Gasteiger partial charge on any atom is 0.163 e. The number of benzene rings is 5. The van der Waals surface area contributed by atoms with Gasteiger partial charge in [0.25, 0.3) is 0 Å². The third kappa shape index (κ3) is 6.29. The molecule has 5 aromatic carbocycles. The van der Waals surface area contributed by atoms with Gasteiger partial charge in [-0.25, -0.2) is 15.0 Å². The molecule has 2 atom stereocenters. The number of nitrogens with zero attached hydrogens (tertiary/aromatic N) is 3. The molecular formula is C55H57N3O. The Bertz CT molecular complexity index is 2850. The first-order valence-corrected chi connectivity index (χ1v) is 21.2. The van der Waals surface area contributed by atoms with Crippen LogP contribution in [0.2, 0.25) is 0 Å². The van der Waals surface area contributed by atoms with Crippen LogP contribution in [-0.2, 0) is 27.1 Å². The van der Waals surface area contributed by atoms with E-state index in [9.17, 15) is 0 Å². The van der Waals surface area contributed by atoms with Gasteiger partial charge in [0.2, 0.25) is 0 Å². The number of aromatic nitrogens is 3. The minimum absolute atomic E-state index is 0.00446. The van der Waals surface area contributed by atoms with Crippen LogP contribution < -0.4 is 0 Å². The van der Waals surface area contributed by atoms with Crippen LogP contribution in [0, 0.1) is 0 Å². The molecular weight excluding hydrogens is 719 g/mol. The molecule has 2 aliphatic carbocycles. The number of fused-ring (bicyclic) bond motifs is 6. The zero-order valence-electron chi connectivity index (χ0n) is 36.9. The molecule has 2 aromatic heterocycles. The van der Waals surface area contributed by atoms with E-state index in [1.54, 1.807) is 0 Å². The fraction of sp³-hybridized carbons (Fsp3) is 0.327. The molecule has 0 aliphatic heterocycles. The summed E-state index contributed by atoms with van der Waals surface area (Å²) in [6.45, 7) is 27.7. The lowest BCUT2D eigenvalue weighted by Crippen LogP contribution is -2.35. The monoisotopic (exact) mass is 775 g/mol. The van der Waals surface area contributed by atoms with E-state index in [4.69, 9.17) is 19.4 Å². The molecule has 0 amide bonds. The Morgan fingerprint density at radius 1 is 0.542 bits per heavy atom. The van der Waals surface area contributed by atoms with E-state index in [-0.39, 0.29) is 33.0 Å². The SMILES string of the molecule is CC(C)(C)c1cc(-c2ccc(-c3nc(-c4ccccc4)nc(C4C=CC=C5C(C)(C)c6ccccc6C54C)n3)cc2)c2oc3c(C(C)(C)C)cc(C(C)(C)C)cc3c2c1. The molecule has 2 unspecified atom stereocenters. The highest BCUT2D eigenvalue weighted by molar-refractivity contribution is 6.11. The van der Waals surface area contributed by atoms with Crippen LogP contribution in [0.1, 0.15) is 123 Å². The van der Waals surface area contributed by atoms with Gasteiger partial charge in [-0.05, 0) is 67.8 Å². The molecule has 0 saturated heterocycles. The molecule has 0 radical (unpaired) electrons. The third-order valence-corrected chi connectivity index (χ3v) is 13.2. The average molecular weight is 776 g/mol. The smallest absolute Gasteiger partial charge is 0.163 e. The first-order chi connectivity index (χ1) is 27.8. The molecule has 4 nitrogen and oxygen atoms in total. The second-order valence-electron chi connectivity index (χ2n) is 20.8. The van der Waals surface area contributed by atoms with E-state index in [1.807, 2.05) is 18.2 Å². The molecule has 2 aliphatic rings. The summed E-state index contributed by atoms with van der Waals surface area (Å²) in [7, 11) is 0. The Labute approximate surface area is 350 Å². The van der Waals surface area contributed by atoms with Gasteiger partial charge in [-0.2, -0.15) is 0 Å². The van der Waals surface area contributed by atoms with Gasteiger partial charge in [-0.1, -0.05) is 186 Å². The molecule has 0 bridgehead atoms.